The molecule has 1 aromatic rings. The normalized spacial score (nSPS) is 19.1. The minimum atomic E-state index is 0.0862. The summed E-state index contributed by atoms with van der Waals surface area (Å²) in [7, 11) is 5.40. The number of nitrogens with one attached hydrogen (secondary N) is 1. The van der Waals surface area contributed by atoms with Gasteiger partial charge in [-0.1, -0.05) is 12.1 Å². The van der Waals surface area contributed by atoms with Crippen LogP contribution in [0.2, 0.25) is 0 Å². The molecular weight excluding hydrogens is 242 g/mol. The highest BCUT2D eigenvalue weighted by atomic mass is 16.5. The molecule has 1 saturated heterocycles. The van der Waals surface area contributed by atoms with Crippen LogP contribution < -0.4 is 10.1 Å². The predicted octanol–water partition coefficient (Wildman–Crippen LogP) is 1.32. The van der Waals surface area contributed by atoms with Gasteiger partial charge in [0, 0.05) is 26.7 Å². The van der Waals surface area contributed by atoms with Crippen LogP contribution in [0.4, 0.5) is 4.79 Å². The summed E-state index contributed by atoms with van der Waals surface area (Å²) < 4.78 is 5.24. The van der Waals surface area contributed by atoms with Crippen LogP contribution in [0.5, 0.6) is 5.75 Å². The number of urea groups is 1. The summed E-state index contributed by atoms with van der Waals surface area (Å²) in [6.45, 7) is 2.27. The molecule has 104 valence electrons. The van der Waals surface area contributed by atoms with Gasteiger partial charge in [-0.2, -0.15) is 0 Å². The molecule has 1 fully saturated rings. The van der Waals surface area contributed by atoms with Crippen molar-refractivity contribution in [1.29, 1.82) is 0 Å². The molecule has 1 unspecified atom stereocenters. The Bertz CT molecular complexity index is 450. The monoisotopic (exact) mass is 263 g/mol. The first kappa shape index (κ1) is 13.7. The Morgan fingerprint density at radius 2 is 2.26 bits per heavy atom. The molecule has 2 amide bonds. The first-order chi connectivity index (χ1) is 9.17. The van der Waals surface area contributed by atoms with Crippen molar-refractivity contribution in [2.45, 2.75) is 6.04 Å². The molecule has 0 aromatic heterocycles. The number of carbonyl (C=O) groups excluding carboxylic acids is 1. The molecule has 0 bridgehead atoms. The zero-order chi connectivity index (χ0) is 13.8. The van der Waals surface area contributed by atoms with Gasteiger partial charge in [0.05, 0.1) is 13.2 Å². The van der Waals surface area contributed by atoms with E-state index in [-0.39, 0.29) is 12.1 Å². The van der Waals surface area contributed by atoms with Gasteiger partial charge >= 0.3 is 6.03 Å². The van der Waals surface area contributed by atoms with E-state index >= 15 is 0 Å². The van der Waals surface area contributed by atoms with E-state index in [4.69, 9.17) is 4.74 Å². The first-order valence-electron chi connectivity index (χ1n) is 6.47. The number of amides is 2. The van der Waals surface area contributed by atoms with Crippen molar-refractivity contribution in [2.75, 3.05) is 40.8 Å². The Morgan fingerprint density at radius 1 is 1.47 bits per heavy atom. The van der Waals surface area contributed by atoms with E-state index in [2.05, 4.69) is 5.32 Å². The molecule has 1 atom stereocenters. The van der Waals surface area contributed by atoms with Gasteiger partial charge in [-0.3, -0.25) is 0 Å². The Labute approximate surface area is 114 Å². The fraction of sp³-hybridized carbons (Fsp3) is 0.500. The van der Waals surface area contributed by atoms with Gasteiger partial charge in [-0.25, -0.2) is 4.79 Å². The van der Waals surface area contributed by atoms with Gasteiger partial charge in [0.25, 0.3) is 0 Å². The first-order valence-corrected chi connectivity index (χ1v) is 6.47. The molecule has 1 aliphatic heterocycles. The van der Waals surface area contributed by atoms with E-state index in [1.54, 1.807) is 12.0 Å². The Morgan fingerprint density at radius 3 is 2.95 bits per heavy atom. The summed E-state index contributed by atoms with van der Waals surface area (Å²) in [5, 5.41) is 3.07. The standard InChI is InChI=1S/C14H21N3O2/c1-15-7-8-17-10-13(16(2)14(17)18)11-5-4-6-12(9-11)19-3/h4-6,9,13,15H,7-8,10H2,1-3H3. The number of hydrogen-bond donors (Lipinski definition) is 1. The van der Waals surface area contributed by atoms with Crippen LogP contribution in [0.3, 0.4) is 0 Å². The average Bonchev–Trinajstić information content (AvgIpc) is 2.73. The highest BCUT2D eigenvalue weighted by Crippen LogP contribution is 2.29. The molecule has 1 aliphatic rings. The minimum Gasteiger partial charge on any atom is -0.497 e. The van der Waals surface area contributed by atoms with Gasteiger partial charge in [0.2, 0.25) is 0 Å². The number of methoxy groups -OCH3 is 1. The second-order valence-corrected chi connectivity index (χ2v) is 4.74. The van der Waals surface area contributed by atoms with Crippen LogP contribution in [0.15, 0.2) is 24.3 Å². The number of hydrogen-bond acceptors (Lipinski definition) is 3. The lowest BCUT2D eigenvalue weighted by Gasteiger charge is -2.18. The van der Waals surface area contributed by atoms with Crippen molar-refractivity contribution in [3.8, 4) is 5.75 Å². The molecule has 1 aromatic carbocycles. The number of likely N-dealkylation sites (N-methyl/N-ethyl adjacent to an activating group) is 2. The lowest BCUT2D eigenvalue weighted by atomic mass is 10.1. The van der Waals surface area contributed by atoms with Crippen LogP contribution in [0, 0.1) is 0 Å². The number of nitrogens with zero attached hydrogens (tertiary/aromatic N) is 2. The predicted molar refractivity (Wildman–Crippen MR) is 74.4 cm³/mol. The van der Waals surface area contributed by atoms with E-state index in [1.807, 2.05) is 43.3 Å². The van der Waals surface area contributed by atoms with Crippen molar-refractivity contribution < 1.29 is 9.53 Å². The number of benzene rings is 1. The highest BCUT2D eigenvalue weighted by molar-refractivity contribution is 5.77. The lowest BCUT2D eigenvalue weighted by Crippen LogP contribution is -2.34. The van der Waals surface area contributed by atoms with Crippen molar-refractivity contribution in [2.24, 2.45) is 0 Å². The SMILES string of the molecule is CNCCN1CC(c2cccc(OC)c2)N(C)C1=O. The van der Waals surface area contributed by atoms with E-state index in [0.29, 0.717) is 0 Å². The van der Waals surface area contributed by atoms with Gasteiger partial charge in [-0.15, -0.1) is 0 Å². The van der Waals surface area contributed by atoms with Gasteiger partial charge in [0.15, 0.2) is 0 Å². The molecule has 1 heterocycles. The fourth-order valence-electron chi connectivity index (χ4n) is 2.38. The summed E-state index contributed by atoms with van der Waals surface area (Å²) in [5.41, 5.74) is 1.11. The van der Waals surface area contributed by atoms with Crippen molar-refractivity contribution in [1.82, 2.24) is 15.1 Å². The zero-order valence-electron chi connectivity index (χ0n) is 11.7. The number of rotatable bonds is 5. The summed E-state index contributed by atoms with van der Waals surface area (Å²) in [4.78, 5) is 15.8. The topological polar surface area (TPSA) is 44.8 Å². The molecule has 2 rings (SSSR count). The van der Waals surface area contributed by atoms with Crippen LogP contribution in [0.1, 0.15) is 11.6 Å². The summed E-state index contributed by atoms with van der Waals surface area (Å²) >= 11 is 0. The van der Waals surface area contributed by atoms with Crippen LogP contribution in [-0.2, 0) is 0 Å². The molecule has 1 N–H and O–H groups in total. The van der Waals surface area contributed by atoms with Crippen LogP contribution in [-0.4, -0.2) is 56.7 Å². The quantitative estimate of drug-likeness (QED) is 0.871. The largest absolute Gasteiger partial charge is 0.497 e. The maximum Gasteiger partial charge on any atom is 0.320 e. The van der Waals surface area contributed by atoms with Crippen molar-refractivity contribution in [3.63, 3.8) is 0 Å². The number of carbonyl (C=O) groups is 1. The smallest absolute Gasteiger partial charge is 0.320 e. The third-order valence-electron chi connectivity index (χ3n) is 3.54. The second kappa shape index (κ2) is 5.93. The maximum absolute atomic E-state index is 12.1. The molecule has 0 aliphatic carbocycles. The van der Waals surface area contributed by atoms with Gasteiger partial charge in [-0.05, 0) is 24.7 Å². The van der Waals surface area contributed by atoms with Gasteiger partial charge < -0.3 is 19.9 Å². The average molecular weight is 263 g/mol. The third kappa shape index (κ3) is 2.81. The highest BCUT2D eigenvalue weighted by Gasteiger charge is 2.35. The summed E-state index contributed by atoms with van der Waals surface area (Å²) in [6.07, 6.45) is 0. The Kier molecular flexibility index (Phi) is 4.27. The summed E-state index contributed by atoms with van der Waals surface area (Å²) in [5.74, 6) is 0.826. The fourth-order valence-corrected chi connectivity index (χ4v) is 2.38. The van der Waals surface area contributed by atoms with E-state index in [0.717, 1.165) is 30.9 Å². The molecule has 19 heavy (non-hydrogen) atoms. The third-order valence-corrected chi connectivity index (χ3v) is 3.54. The second-order valence-electron chi connectivity index (χ2n) is 4.74. The molecule has 5 nitrogen and oxygen atoms in total. The van der Waals surface area contributed by atoms with Crippen LogP contribution >= 0.6 is 0 Å². The Hall–Kier alpha value is -1.75. The van der Waals surface area contributed by atoms with E-state index < -0.39 is 0 Å². The minimum absolute atomic E-state index is 0.0862. The van der Waals surface area contributed by atoms with Gasteiger partial charge in [0.1, 0.15) is 5.75 Å². The zero-order valence-corrected chi connectivity index (χ0v) is 11.7. The molecule has 0 radical (unpaired) electrons. The van der Waals surface area contributed by atoms with Crippen molar-refractivity contribution in [3.05, 3.63) is 29.8 Å². The molecule has 0 saturated carbocycles. The van der Waals surface area contributed by atoms with E-state index in [1.165, 1.54) is 0 Å². The van der Waals surface area contributed by atoms with Crippen molar-refractivity contribution >= 4 is 6.03 Å². The number of ether oxygens (including phenoxy) is 1. The Balaban J connectivity index is 2.14. The van der Waals surface area contributed by atoms with Crippen LogP contribution in [0.25, 0.3) is 0 Å². The lowest BCUT2D eigenvalue weighted by molar-refractivity contribution is 0.196. The van der Waals surface area contributed by atoms with E-state index in [9.17, 15) is 4.79 Å². The molecule has 0 spiro atoms. The molecule has 5 heteroatoms. The maximum atomic E-state index is 12.1. The summed E-state index contributed by atoms with van der Waals surface area (Å²) in [6, 6.07) is 8.10. The molecular formula is C14H21N3O2.